The lowest BCUT2D eigenvalue weighted by Gasteiger charge is -2.33. The number of hydrogen-bond donors (Lipinski definition) is 2. The monoisotopic (exact) mass is 393 g/mol. The second-order valence-corrected chi connectivity index (χ2v) is 7.95. The topological polar surface area (TPSA) is 48.1 Å². The first kappa shape index (κ1) is 19.6. The van der Waals surface area contributed by atoms with Crippen LogP contribution in [0.25, 0.3) is 10.9 Å². The van der Waals surface area contributed by atoms with Gasteiger partial charge in [-0.3, -0.25) is 9.69 Å². The number of aromatic nitrogens is 1. The number of nitrogens with one attached hydrogen (secondary N) is 2. The number of hydrogen-bond acceptors (Lipinski definition) is 2. The zero-order chi connectivity index (χ0) is 20.1. The minimum absolute atomic E-state index is 0.114. The van der Waals surface area contributed by atoms with Gasteiger partial charge in [0.15, 0.2) is 0 Å². The van der Waals surface area contributed by atoms with Crippen LogP contribution in [0.5, 0.6) is 0 Å². The number of nitrogens with zero attached hydrogens (tertiary/aromatic N) is 1. The van der Waals surface area contributed by atoms with Crippen LogP contribution in [0, 0.1) is 5.82 Å². The molecular formula is C24H28FN3O. The number of H-pyrrole nitrogens is 1. The van der Waals surface area contributed by atoms with Gasteiger partial charge in [-0.15, -0.1) is 0 Å². The van der Waals surface area contributed by atoms with Crippen molar-refractivity contribution in [1.82, 2.24) is 15.2 Å². The van der Waals surface area contributed by atoms with E-state index in [1.165, 1.54) is 17.0 Å². The molecule has 4 rings (SSSR count). The molecule has 152 valence electrons. The van der Waals surface area contributed by atoms with E-state index in [0.717, 1.165) is 49.9 Å². The number of piperidine rings is 1. The Balaban J connectivity index is 1.23. The van der Waals surface area contributed by atoms with E-state index < -0.39 is 0 Å². The Morgan fingerprint density at radius 3 is 2.86 bits per heavy atom. The maximum Gasteiger partial charge on any atom is 0.220 e. The summed E-state index contributed by atoms with van der Waals surface area (Å²) in [6.45, 7) is 2.32. The number of benzene rings is 2. The van der Waals surface area contributed by atoms with Gasteiger partial charge in [0.25, 0.3) is 0 Å². The van der Waals surface area contributed by atoms with Gasteiger partial charge in [0.05, 0.1) is 0 Å². The summed E-state index contributed by atoms with van der Waals surface area (Å²) < 4.78 is 13.9. The second kappa shape index (κ2) is 9.23. The molecule has 1 aliphatic heterocycles. The van der Waals surface area contributed by atoms with Crippen LogP contribution in [0.1, 0.15) is 36.8 Å². The molecule has 29 heavy (non-hydrogen) atoms. The maximum atomic E-state index is 13.9. The van der Waals surface area contributed by atoms with Crippen LogP contribution in [-0.2, 0) is 17.8 Å². The Morgan fingerprint density at radius 2 is 1.97 bits per heavy atom. The molecule has 0 spiro atoms. The minimum Gasteiger partial charge on any atom is -0.361 e. The summed E-state index contributed by atoms with van der Waals surface area (Å²) in [4.78, 5) is 17.9. The van der Waals surface area contributed by atoms with Crippen LogP contribution in [0.2, 0.25) is 0 Å². The van der Waals surface area contributed by atoms with Crippen molar-refractivity contribution in [1.29, 1.82) is 0 Å². The molecule has 1 aliphatic rings. The number of rotatable bonds is 7. The summed E-state index contributed by atoms with van der Waals surface area (Å²) in [5, 5.41) is 4.42. The fourth-order valence-corrected chi connectivity index (χ4v) is 4.26. The van der Waals surface area contributed by atoms with Gasteiger partial charge in [0.1, 0.15) is 5.82 Å². The van der Waals surface area contributed by atoms with Crippen molar-refractivity contribution in [2.24, 2.45) is 0 Å². The summed E-state index contributed by atoms with van der Waals surface area (Å²) in [6, 6.07) is 15.3. The van der Waals surface area contributed by atoms with Gasteiger partial charge in [-0.05, 0) is 49.9 Å². The summed E-state index contributed by atoms with van der Waals surface area (Å²) in [6.07, 6.45) is 6.31. The molecule has 5 heteroatoms. The van der Waals surface area contributed by atoms with Crippen molar-refractivity contribution in [3.05, 3.63) is 71.7 Å². The predicted octanol–water partition coefficient (Wildman–Crippen LogP) is 4.41. The molecule has 0 bridgehead atoms. The van der Waals surface area contributed by atoms with Crippen LogP contribution in [0.15, 0.2) is 54.7 Å². The van der Waals surface area contributed by atoms with Gasteiger partial charge in [-0.1, -0.05) is 36.4 Å². The van der Waals surface area contributed by atoms with Crippen molar-refractivity contribution >= 4 is 16.8 Å². The van der Waals surface area contributed by atoms with E-state index in [9.17, 15) is 9.18 Å². The van der Waals surface area contributed by atoms with Gasteiger partial charge < -0.3 is 10.3 Å². The van der Waals surface area contributed by atoms with Crippen molar-refractivity contribution < 1.29 is 9.18 Å². The number of carbonyl (C=O) groups excluding carboxylic acids is 1. The van der Waals surface area contributed by atoms with Gasteiger partial charge in [-0.2, -0.15) is 0 Å². The largest absolute Gasteiger partial charge is 0.361 e. The number of para-hydroxylation sites is 1. The lowest BCUT2D eigenvalue weighted by molar-refractivity contribution is -0.122. The molecule has 2 aromatic carbocycles. The molecule has 2 heterocycles. The Morgan fingerprint density at radius 1 is 1.14 bits per heavy atom. The molecule has 4 nitrogen and oxygen atoms in total. The lowest BCUT2D eigenvalue weighted by atomic mass is 10.0. The number of aromatic amines is 1. The van der Waals surface area contributed by atoms with E-state index in [4.69, 9.17) is 0 Å². The average Bonchev–Trinajstić information content (AvgIpc) is 3.13. The molecule has 0 radical (unpaired) electrons. The van der Waals surface area contributed by atoms with Crippen LogP contribution in [-0.4, -0.2) is 34.9 Å². The first-order valence-electron chi connectivity index (χ1n) is 10.5. The Hall–Kier alpha value is -2.66. The summed E-state index contributed by atoms with van der Waals surface area (Å²) in [7, 11) is 0. The van der Waals surface area contributed by atoms with Crippen molar-refractivity contribution in [2.45, 2.75) is 44.7 Å². The molecule has 1 atom stereocenters. The standard InChI is InChI=1S/C24H28FN3O/c25-22-11-3-1-7-19(22)16-28-14-6-9-20(17-28)27-24(29)13-5-8-18-15-26-23-12-4-2-10-21(18)23/h1-4,7,10-12,15,20,26H,5-6,8-9,13-14,16-17H2,(H,27,29). The number of carbonyl (C=O) groups is 1. The van der Waals surface area contributed by atoms with E-state index in [1.54, 1.807) is 6.07 Å². The quantitative estimate of drug-likeness (QED) is 0.625. The van der Waals surface area contributed by atoms with E-state index in [0.29, 0.717) is 13.0 Å². The van der Waals surface area contributed by atoms with Crippen molar-refractivity contribution in [2.75, 3.05) is 13.1 Å². The number of fused-ring (bicyclic) bond motifs is 1. The highest BCUT2D eigenvalue weighted by atomic mass is 19.1. The van der Waals surface area contributed by atoms with Gasteiger partial charge in [0, 0.05) is 48.2 Å². The molecular weight excluding hydrogens is 365 g/mol. The fraction of sp³-hybridized carbons (Fsp3) is 0.375. The van der Waals surface area contributed by atoms with Gasteiger partial charge >= 0.3 is 0 Å². The summed E-state index contributed by atoms with van der Waals surface area (Å²) in [5.41, 5.74) is 3.13. The van der Waals surface area contributed by atoms with Crippen molar-refractivity contribution in [3.63, 3.8) is 0 Å². The highest BCUT2D eigenvalue weighted by molar-refractivity contribution is 5.83. The molecule has 1 amide bonds. The highest BCUT2D eigenvalue weighted by Crippen LogP contribution is 2.20. The zero-order valence-corrected chi connectivity index (χ0v) is 16.7. The fourth-order valence-electron chi connectivity index (χ4n) is 4.26. The molecule has 3 aromatic rings. The molecule has 1 aromatic heterocycles. The predicted molar refractivity (Wildman–Crippen MR) is 114 cm³/mol. The Labute approximate surface area is 171 Å². The van der Waals surface area contributed by atoms with Crippen LogP contribution >= 0.6 is 0 Å². The minimum atomic E-state index is -0.157. The van der Waals surface area contributed by atoms with E-state index in [-0.39, 0.29) is 17.8 Å². The lowest BCUT2D eigenvalue weighted by Crippen LogP contribution is -2.47. The molecule has 0 saturated carbocycles. The number of likely N-dealkylation sites (tertiary alicyclic amines) is 1. The first-order valence-corrected chi connectivity index (χ1v) is 10.5. The van der Waals surface area contributed by atoms with Crippen LogP contribution < -0.4 is 5.32 Å². The third kappa shape index (κ3) is 5.04. The van der Waals surface area contributed by atoms with E-state index in [2.05, 4.69) is 27.3 Å². The third-order valence-electron chi connectivity index (χ3n) is 5.75. The summed E-state index contributed by atoms with van der Waals surface area (Å²) >= 11 is 0. The second-order valence-electron chi connectivity index (χ2n) is 7.95. The molecule has 1 unspecified atom stereocenters. The van der Waals surface area contributed by atoms with Crippen LogP contribution in [0.4, 0.5) is 4.39 Å². The molecule has 1 saturated heterocycles. The average molecular weight is 394 g/mol. The molecule has 2 N–H and O–H groups in total. The third-order valence-corrected chi connectivity index (χ3v) is 5.75. The summed E-state index contributed by atoms with van der Waals surface area (Å²) in [5.74, 6) is -0.0430. The smallest absolute Gasteiger partial charge is 0.220 e. The van der Waals surface area contributed by atoms with E-state index in [1.807, 2.05) is 30.5 Å². The maximum absolute atomic E-state index is 13.9. The van der Waals surface area contributed by atoms with Crippen molar-refractivity contribution in [3.8, 4) is 0 Å². The Kier molecular flexibility index (Phi) is 6.25. The first-order chi connectivity index (χ1) is 14.2. The SMILES string of the molecule is O=C(CCCc1c[nH]c2ccccc12)NC1CCCN(Cc2ccccc2F)C1. The number of amides is 1. The van der Waals surface area contributed by atoms with E-state index >= 15 is 0 Å². The molecule has 0 aliphatic carbocycles. The highest BCUT2D eigenvalue weighted by Gasteiger charge is 2.22. The zero-order valence-electron chi connectivity index (χ0n) is 16.7. The molecule has 1 fully saturated rings. The number of aryl methyl sites for hydroxylation is 1. The van der Waals surface area contributed by atoms with Gasteiger partial charge in [0.2, 0.25) is 5.91 Å². The van der Waals surface area contributed by atoms with Crippen LogP contribution in [0.3, 0.4) is 0 Å². The number of halogens is 1. The Bertz CT molecular complexity index is 967. The van der Waals surface area contributed by atoms with Gasteiger partial charge in [-0.25, -0.2) is 4.39 Å². The normalized spacial score (nSPS) is 17.5.